The molecule has 2 rings (SSSR count). The van der Waals surface area contributed by atoms with Gasteiger partial charge in [-0.2, -0.15) is 4.98 Å². The van der Waals surface area contributed by atoms with E-state index in [0.29, 0.717) is 6.42 Å². The molecule has 0 radical (unpaired) electrons. The zero-order chi connectivity index (χ0) is 12.6. The van der Waals surface area contributed by atoms with Gasteiger partial charge in [0.15, 0.2) is 6.23 Å². The van der Waals surface area contributed by atoms with Crippen molar-refractivity contribution in [1.29, 1.82) is 0 Å². The average Bonchev–Trinajstić information content (AvgIpc) is 2.57. The third kappa shape index (κ3) is 2.04. The zero-order valence-corrected chi connectivity index (χ0v) is 9.35. The van der Waals surface area contributed by atoms with Crippen LogP contribution in [0.3, 0.4) is 0 Å². The predicted molar refractivity (Wildman–Crippen MR) is 59.1 cm³/mol. The summed E-state index contributed by atoms with van der Waals surface area (Å²) in [7, 11) is 0. The van der Waals surface area contributed by atoms with Gasteiger partial charge in [0.05, 0.1) is 6.10 Å². The lowest BCUT2D eigenvalue weighted by Crippen LogP contribution is -2.35. The van der Waals surface area contributed by atoms with Crippen molar-refractivity contribution in [3.05, 3.63) is 22.7 Å². The molecule has 0 bridgehead atoms. The molecule has 0 saturated carbocycles. The number of anilines is 1. The lowest BCUT2D eigenvalue weighted by molar-refractivity contribution is -0.0403. The SMILES string of the molecule is CCC1OC(n2ccc(N)nc2=O)C(O)C1O. The molecule has 1 aliphatic heterocycles. The Morgan fingerprint density at radius 2 is 2.24 bits per heavy atom. The number of aliphatic hydroxyl groups excluding tert-OH is 2. The van der Waals surface area contributed by atoms with E-state index in [0.717, 1.165) is 4.57 Å². The van der Waals surface area contributed by atoms with Gasteiger partial charge in [-0.25, -0.2) is 4.79 Å². The summed E-state index contributed by atoms with van der Waals surface area (Å²) in [4.78, 5) is 15.1. The van der Waals surface area contributed by atoms with E-state index < -0.39 is 30.2 Å². The molecule has 1 fully saturated rings. The first kappa shape index (κ1) is 12.0. The Hall–Kier alpha value is -1.44. The summed E-state index contributed by atoms with van der Waals surface area (Å²) in [6.45, 7) is 1.83. The van der Waals surface area contributed by atoms with Crippen molar-refractivity contribution in [3.63, 3.8) is 0 Å². The molecule has 4 unspecified atom stereocenters. The van der Waals surface area contributed by atoms with Gasteiger partial charge >= 0.3 is 5.69 Å². The van der Waals surface area contributed by atoms with Crippen LogP contribution in [-0.4, -0.2) is 38.1 Å². The molecule has 4 N–H and O–H groups in total. The third-order valence-corrected chi connectivity index (χ3v) is 2.87. The number of hydrogen-bond acceptors (Lipinski definition) is 6. The van der Waals surface area contributed by atoms with E-state index in [9.17, 15) is 15.0 Å². The van der Waals surface area contributed by atoms with Gasteiger partial charge in [0.1, 0.15) is 18.0 Å². The topological polar surface area (TPSA) is 111 Å². The van der Waals surface area contributed by atoms with Crippen molar-refractivity contribution < 1.29 is 14.9 Å². The molecular formula is C10H15N3O4. The first-order valence-corrected chi connectivity index (χ1v) is 5.41. The number of aliphatic hydroxyl groups is 2. The Bertz CT molecular complexity index is 461. The second kappa shape index (κ2) is 4.44. The fraction of sp³-hybridized carbons (Fsp3) is 0.600. The monoisotopic (exact) mass is 241 g/mol. The second-order valence-corrected chi connectivity index (χ2v) is 4.00. The number of nitrogens with zero attached hydrogens (tertiary/aromatic N) is 2. The largest absolute Gasteiger partial charge is 0.388 e. The predicted octanol–water partition coefficient (Wildman–Crippen LogP) is -1.15. The maximum atomic E-state index is 11.6. The van der Waals surface area contributed by atoms with Gasteiger partial charge in [-0.1, -0.05) is 6.92 Å². The van der Waals surface area contributed by atoms with Crippen molar-refractivity contribution in [3.8, 4) is 0 Å². The van der Waals surface area contributed by atoms with Crippen LogP contribution in [0.1, 0.15) is 19.6 Å². The van der Waals surface area contributed by atoms with Crippen molar-refractivity contribution in [2.24, 2.45) is 0 Å². The molecule has 0 aliphatic carbocycles. The van der Waals surface area contributed by atoms with E-state index >= 15 is 0 Å². The molecule has 1 aromatic heterocycles. The van der Waals surface area contributed by atoms with Crippen molar-refractivity contribution in [1.82, 2.24) is 9.55 Å². The summed E-state index contributed by atoms with van der Waals surface area (Å²) in [5, 5.41) is 19.5. The van der Waals surface area contributed by atoms with Crippen LogP contribution in [-0.2, 0) is 4.74 Å². The van der Waals surface area contributed by atoms with Crippen LogP contribution in [0.2, 0.25) is 0 Å². The molecule has 7 nitrogen and oxygen atoms in total. The minimum Gasteiger partial charge on any atom is -0.388 e. The van der Waals surface area contributed by atoms with E-state index in [1.165, 1.54) is 12.3 Å². The van der Waals surface area contributed by atoms with E-state index in [-0.39, 0.29) is 5.82 Å². The molecule has 2 heterocycles. The first-order valence-electron chi connectivity index (χ1n) is 5.41. The normalized spacial score (nSPS) is 32.9. The molecule has 94 valence electrons. The Balaban J connectivity index is 2.32. The molecule has 1 saturated heterocycles. The minimum atomic E-state index is -1.15. The highest BCUT2D eigenvalue weighted by Gasteiger charge is 2.43. The van der Waals surface area contributed by atoms with Crippen LogP contribution in [0.4, 0.5) is 5.82 Å². The Morgan fingerprint density at radius 3 is 2.76 bits per heavy atom. The molecule has 0 amide bonds. The van der Waals surface area contributed by atoms with E-state index in [1.54, 1.807) is 0 Å². The maximum Gasteiger partial charge on any atom is 0.351 e. The Morgan fingerprint density at radius 1 is 1.53 bits per heavy atom. The Kier molecular flexibility index (Phi) is 3.14. The van der Waals surface area contributed by atoms with Gasteiger partial charge in [0, 0.05) is 6.20 Å². The zero-order valence-electron chi connectivity index (χ0n) is 9.35. The molecule has 17 heavy (non-hydrogen) atoms. The minimum absolute atomic E-state index is 0.103. The summed E-state index contributed by atoms with van der Waals surface area (Å²) in [6, 6.07) is 1.43. The van der Waals surface area contributed by atoms with E-state index in [1.807, 2.05) is 6.92 Å². The smallest absolute Gasteiger partial charge is 0.351 e. The molecular weight excluding hydrogens is 226 g/mol. The Labute approximate surface area is 97.5 Å². The quantitative estimate of drug-likeness (QED) is 0.603. The third-order valence-electron chi connectivity index (χ3n) is 2.87. The molecule has 1 aromatic rings. The van der Waals surface area contributed by atoms with Crippen molar-refractivity contribution in [2.75, 3.05) is 5.73 Å². The molecule has 0 aromatic carbocycles. The molecule has 0 spiro atoms. The van der Waals surface area contributed by atoms with Gasteiger partial charge < -0.3 is 20.7 Å². The molecule has 1 aliphatic rings. The lowest BCUT2D eigenvalue weighted by Gasteiger charge is -2.16. The van der Waals surface area contributed by atoms with Gasteiger partial charge in [0.2, 0.25) is 0 Å². The van der Waals surface area contributed by atoms with Crippen LogP contribution in [0.15, 0.2) is 17.1 Å². The highest BCUT2D eigenvalue weighted by atomic mass is 16.6. The van der Waals surface area contributed by atoms with Gasteiger partial charge in [-0.3, -0.25) is 4.57 Å². The van der Waals surface area contributed by atoms with E-state index in [2.05, 4.69) is 4.98 Å². The number of aromatic nitrogens is 2. The van der Waals surface area contributed by atoms with Crippen LogP contribution in [0.25, 0.3) is 0 Å². The molecule has 4 atom stereocenters. The lowest BCUT2D eigenvalue weighted by atomic mass is 10.1. The van der Waals surface area contributed by atoms with Crippen LogP contribution < -0.4 is 11.4 Å². The number of rotatable bonds is 2. The number of nitrogen functional groups attached to an aromatic ring is 1. The van der Waals surface area contributed by atoms with Gasteiger partial charge in [-0.05, 0) is 12.5 Å². The number of nitrogens with two attached hydrogens (primary N) is 1. The first-order chi connectivity index (χ1) is 8.04. The van der Waals surface area contributed by atoms with Gasteiger partial charge in [0.25, 0.3) is 0 Å². The fourth-order valence-corrected chi connectivity index (χ4v) is 1.92. The summed E-state index contributed by atoms with van der Waals surface area (Å²) in [5.74, 6) is 0.103. The summed E-state index contributed by atoms with van der Waals surface area (Å²) >= 11 is 0. The highest BCUT2D eigenvalue weighted by Crippen LogP contribution is 2.29. The maximum absolute atomic E-state index is 11.6. The summed E-state index contributed by atoms with van der Waals surface area (Å²) in [6.07, 6.45) is -1.62. The fourth-order valence-electron chi connectivity index (χ4n) is 1.92. The van der Waals surface area contributed by atoms with E-state index in [4.69, 9.17) is 10.5 Å². The average molecular weight is 241 g/mol. The van der Waals surface area contributed by atoms with Gasteiger partial charge in [-0.15, -0.1) is 0 Å². The van der Waals surface area contributed by atoms with Crippen LogP contribution in [0.5, 0.6) is 0 Å². The van der Waals surface area contributed by atoms with Crippen LogP contribution >= 0.6 is 0 Å². The number of hydrogen-bond donors (Lipinski definition) is 3. The van der Waals surface area contributed by atoms with Crippen LogP contribution in [0, 0.1) is 0 Å². The molecule has 7 heteroatoms. The second-order valence-electron chi connectivity index (χ2n) is 4.00. The van der Waals surface area contributed by atoms with Crippen molar-refractivity contribution >= 4 is 5.82 Å². The number of ether oxygens (including phenoxy) is 1. The highest BCUT2D eigenvalue weighted by molar-refractivity contribution is 5.23. The summed E-state index contributed by atoms with van der Waals surface area (Å²) < 4.78 is 6.55. The standard InChI is InChI=1S/C10H15N3O4/c1-2-5-7(14)8(15)9(17-5)13-4-3-6(11)12-10(13)16/h3-5,7-9,14-15H,2H2,1H3,(H2,11,12,16). The summed E-state index contributed by atoms with van der Waals surface area (Å²) in [5.41, 5.74) is 4.75. The van der Waals surface area contributed by atoms with Crippen molar-refractivity contribution in [2.45, 2.75) is 37.9 Å².